The molecular formula is C16H16N6O. The topological polar surface area (TPSA) is 68.8 Å². The van der Waals surface area contributed by atoms with Crippen molar-refractivity contribution in [1.82, 2.24) is 29.4 Å². The summed E-state index contributed by atoms with van der Waals surface area (Å²) in [5.41, 5.74) is 2.34. The van der Waals surface area contributed by atoms with Gasteiger partial charge in [-0.05, 0) is 19.1 Å². The van der Waals surface area contributed by atoms with Crippen LogP contribution < -0.4 is 0 Å². The second kappa shape index (κ2) is 5.05. The molecule has 0 saturated heterocycles. The van der Waals surface area contributed by atoms with E-state index in [1.807, 2.05) is 46.6 Å². The Labute approximate surface area is 133 Å². The number of hydrogen-bond donors (Lipinski definition) is 0. The maximum atomic E-state index is 12.5. The van der Waals surface area contributed by atoms with Gasteiger partial charge in [0.05, 0.1) is 29.6 Å². The number of fused-ring (bicyclic) bond motifs is 3. The first kappa shape index (κ1) is 13.7. The summed E-state index contributed by atoms with van der Waals surface area (Å²) in [7, 11) is 1.78. The molecule has 0 saturated carbocycles. The molecule has 1 aliphatic rings. The van der Waals surface area contributed by atoms with Crippen molar-refractivity contribution in [3.05, 3.63) is 48.0 Å². The van der Waals surface area contributed by atoms with Gasteiger partial charge < -0.3 is 4.90 Å². The molecule has 3 aromatic rings. The fourth-order valence-corrected chi connectivity index (χ4v) is 2.85. The number of benzene rings is 1. The van der Waals surface area contributed by atoms with Crippen molar-refractivity contribution in [2.24, 2.45) is 0 Å². The molecule has 3 heterocycles. The van der Waals surface area contributed by atoms with Gasteiger partial charge in [-0.3, -0.25) is 14.0 Å². The van der Waals surface area contributed by atoms with E-state index in [1.165, 1.54) is 0 Å². The molecule has 0 atom stereocenters. The second-order valence-corrected chi connectivity index (χ2v) is 5.54. The zero-order chi connectivity index (χ0) is 16.0. The van der Waals surface area contributed by atoms with Gasteiger partial charge in [0, 0.05) is 19.8 Å². The van der Waals surface area contributed by atoms with Crippen LogP contribution in [0.15, 0.2) is 36.7 Å². The minimum absolute atomic E-state index is 0.0127. The largest absolute Gasteiger partial charge is 0.334 e. The zero-order valence-corrected chi connectivity index (χ0v) is 13.0. The Bertz CT molecular complexity index is 894. The number of para-hydroxylation sites is 1. The van der Waals surface area contributed by atoms with Crippen molar-refractivity contribution in [2.45, 2.75) is 20.0 Å². The molecule has 0 N–H and O–H groups in total. The lowest BCUT2D eigenvalue weighted by atomic mass is 10.1. The number of rotatable bonds is 2. The van der Waals surface area contributed by atoms with Crippen molar-refractivity contribution >= 4 is 5.91 Å². The monoisotopic (exact) mass is 308 g/mol. The highest BCUT2D eigenvalue weighted by Crippen LogP contribution is 2.28. The summed E-state index contributed by atoms with van der Waals surface area (Å²) in [6.07, 6.45) is 3.72. The number of aryl methyl sites for hydroxylation is 1. The first-order valence-corrected chi connectivity index (χ1v) is 7.51. The van der Waals surface area contributed by atoms with Crippen LogP contribution in [0.1, 0.15) is 23.1 Å². The number of aromatic nitrogens is 5. The van der Waals surface area contributed by atoms with Crippen LogP contribution in [0.2, 0.25) is 0 Å². The maximum absolute atomic E-state index is 12.5. The van der Waals surface area contributed by atoms with E-state index in [2.05, 4.69) is 15.3 Å². The summed E-state index contributed by atoms with van der Waals surface area (Å²) in [6.45, 7) is 3.24. The Balaban J connectivity index is 1.96. The number of amides is 1. The summed E-state index contributed by atoms with van der Waals surface area (Å²) < 4.78 is 3.80. The van der Waals surface area contributed by atoms with Gasteiger partial charge in [-0.2, -0.15) is 5.10 Å². The Morgan fingerprint density at radius 1 is 1.22 bits per heavy atom. The highest BCUT2D eigenvalue weighted by Gasteiger charge is 2.27. The summed E-state index contributed by atoms with van der Waals surface area (Å²) in [5.74, 6) is 1.43. The lowest BCUT2D eigenvalue weighted by Gasteiger charge is -2.12. The molecule has 23 heavy (non-hydrogen) atoms. The lowest BCUT2D eigenvalue weighted by molar-refractivity contribution is 0.0786. The molecule has 1 aromatic carbocycles. The summed E-state index contributed by atoms with van der Waals surface area (Å²) in [6, 6.07) is 7.55. The first-order chi connectivity index (χ1) is 11.2. The van der Waals surface area contributed by atoms with Crippen LogP contribution >= 0.6 is 0 Å². The summed E-state index contributed by atoms with van der Waals surface area (Å²) in [5, 5.41) is 12.9. The van der Waals surface area contributed by atoms with Crippen molar-refractivity contribution in [2.75, 3.05) is 7.05 Å². The van der Waals surface area contributed by atoms with Gasteiger partial charge in [-0.25, -0.2) is 0 Å². The van der Waals surface area contributed by atoms with Crippen LogP contribution in [0.3, 0.4) is 0 Å². The van der Waals surface area contributed by atoms with E-state index in [9.17, 15) is 4.79 Å². The fraction of sp³-hybridized carbons (Fsp3) is 0.250. The molecule has 0 fully saturated rings. The smallest absolute Gasteiger partial charge is 0.256 e. The number of carbonyl (C=O) groups is 1. The van der Waals surface area contributed by atoms with Crippen LogP contribution in [-0.2, 0) is 13.1 Å². The molecule has 7 nitrogen and oxygen atoms in total. The summed E-state index contributed by atoms with van der Waals surface area (Å²) >= 11 is 0. The molecule has 0 unspecified atom stereocenters. The maximum Gasteiger partial charge on any atom is 0.256 e. The van der Waals surface area contributed by atoms with Gasteiger partial charge in [0.15, 0.2) is 11.6 Å². The van der Waals surface area contributed by atoms with Gasteiger partial charge >= 0.3 is 0 Å². The fourth-order valence-electron chi connectivity index (χ4n) is 2.85. The molecule has 1 amide bonds. The van der Waals surface area contributed by atoms with Gasteiger partial charge in [-0.15, -0.1) is 10.2 Å². The average Bonchev–Trinajstić information content (AvgIpc) is 3.18. The average molecular weight is 308 g/mol. The standard InChI is InChI=1S/C16H16N6O/c1-3-21-9-11(8-17-21)15-19-18-14-10-20(2)16(23)12-6-4-5-7-13(12)22(14)15/h4-9H,3,10H2,1-2H3. The SMILES string of the molecule is CCn1cc(-c2nnc3n2-c2ccccc2C(=O)N(C)C3)cn1. The molecule has 4 rings (SSSR count). The lowest BCUT2D eigenvalue weighted by Crippen LogP contribution is -2.25. The Kier molecular flexibility index (Phi) is 3.00. The Hall–Kier alpha value is -2.96. The Morgan fingerprint density at radius 2 is 2.04 bits per heavy atom. The van der Waals surface area contributed by atoms with Crippen LogP contribution in [0, 0.1) is 0 Å². The third-order valence-corrected chi connectivity index (χ3v) is 4.05. The summed E-state index contributed by atoms with van der Waals surface area (Å²) in [4.78, 5) is 14.2. The van der Waals surface area contributed by atoms with Crippen LogP contribution in [0.25, 0.3) is 17.1 Å². The second-order valence-electron chi connectivity index (χ2n) is 5.54. The molecule has 0 radical (unpaired) electrons. The van der Waals surface area contributed by atoms with Crippen LogP contribution in [0.4, 0.5) is 0 Å². The van der Waals surface area contributed by atoms with E-state index in [0.29, 0.717) is 17.9 Å². The van der Waals surface area contributed by atoms with Crippen LogP contribution in [0.5, 0.6) is 0 Å². The van der Waals surface area contributed by atoms with Crippen molar-refractivity contribution in [1.29, 1.82) is 0 Å². The van der Waals surface area contributed by atoms with Crippen molar-refractivity contribution in [3.63, 3.8) is 0 Å². The molecule has 2 aromatic heterocycles. The predicted octanol–water partition coefficient (Wildman–Crippen LogP) is 1.74. The van der Waals surface area contributed by atoms with Crippen molar-refractivity contribution in [3.8, 4) is 17.1 Å². The van der Waals surface area contributed by atoms with E-state index in [-0.39, 0.29) is 5.91 Å². The highest BCUT2D eigenvalue weighted by atomic mass is 16.2. The number of nitrogens with zero attached hydrogens (tertiary/aromatic N) is 6. The van der Waals surface area contributed by atoms with E-state index >= 15 is 0 Å². The van der Waals surface area contributed by atoms with Gasteiger partial charge in [0.1, 0.15) is 0 Å². The minimum Gasteiger partial charge on any atom is -0.334 e. The van der Waals surface area contributed by atoms with Gasteiger partial charge in [-0.1, -0.05) is 12.1 Å². The normalized spacial score (nSPS) is 13.7. The number of carbonyl (C=O) groups excluding carboxylic acids is 1. The predicted molar refractivity (Wildman–Crippen MR) is 84.1 cm³/mol. The van der Waals surface area contributed by atoms with E-state index in [0.717, 1.165) is 23.6 Å². The minimum atomic E-state index is -0.0127. The highest BCUT2D eigenvalue weighted by molar-refractivity contribution is 5.98. The quantitative estimate of drug-likeness (QED) is 0.723. The Morgan fingerprint density at radius 3 is 2.83 bits per heavy atom. The molecular weight excluding hydrogens is 292 g/mol. The van der Waals surface area contributed by atoms with Crippen LogP contribution in [-0.4, -0.2) is 42.4 Å². The third-order valence-electron chi connectivity index (χ3n) is 4.05. The van der Waals surface area contributed by atoms with Gasteiger partial charge in [0.25, 0.3) is 5.91 Å². The zero-order valence-electron chi connectivity index (χ0n) is 13.0. The molecule has 7 heteroatoms. The molecule has 0 aliphatic carbocycles. The number of hydrogen-bond acceptors (Lipinski definition) is 4. The van der Waals surface area contributed by atoms with E-state index < -0.39 is 0 Å². The molecule has 116 valence electrons. The van der Waals surface area contributed by atoms with Crippen molar-refractivity contribution < 1.29 is 4.79 Å². The van der Waals surface area contributed by atoms with Gasteiger partial charge in [0.2, 0.25) is 0 Å². The van der Waals surface area contributed by atoms with E-state index in [1.54, 1.807) is 18.1 Å². The molecule has 0 bridgehead atoms. The third kappa shape index (κ3) is 2.04. The first-order valence-electron chi connectivity index (χ1n) is 7.51. The molecule has 0 spiro atoms. The molecule has 1 aliphatic heterocycles. The van der Waals surface area contributed by atoms with E-state index in [4.69, 9.17) is 0 Å².